The molecular weight excluding hydrogens is 180 g/mol. The molecule has 1 heterocycles. The van der Waals surface area contributed by atoms with Crippen LogP contribution < -0.4 is 0 Å². The normalized spacial score (nSPS) is 23.7. The Morgan fingerprint density at radius 1 is 1.15 bits per heavy atom. The highest BCUT2D eigenvalue weighted by Gasteiger charge is 2.25. The molecule has 0 fully saturated rings. The molecule has 0 unspecified atom stereocenters. The number of ketones is 1. The molecule has 0 N–H and O–H groups in total. The van der Waals surface area contributed by atoms with Gasteiger partial charge in [0.15, 0.2) is 5.78 Å². The molecule has 2 aliphatic rings. The van der Waals surface area contributed by atoms with Crippen LogP contribution in [0, 0.1) is 0 Å². The first-order chi connectivity index (χ1) is 6.20. The molecule has 0 bridgehead atoms. The van der Waals surface area contributed by atoms with E-state index in [0.29, 0.717) is 5.78 Å². The van der Waals surface area contributed by atoms with Crippen molar-refractivity contribution < 1.29 is 4.79 Å². The van der Waals surface area contributed by atoms with Gasteiger partial charge in [-0.1, -0.05) is 5.57 Å². The van der Waals surface area contributed by atoms with Crippen molar-refractivity contribution in [2.45, 2.75) is 33.1 Å². The van der Waals surface area contributed by atoms with E-state index < -0.39 is 0 Å². The van der Waals surface area contributed by atoms with Gasteiger partial charge in [-0.2, -0.15) is 0 Å². The fraction of sp³-hybridized carbons (Fsp3) is 0.545. The van der Waals surface area contributed by atoms with E-state index in [4.69, 9.17) is 0 Å². The van der Waals surface area contributed by atoms with Crippen molar-refractivity contribution in [3.05, 3.63) is 21.6 Å². The van der Waals surface area contributed by atoms with Gasteiger partial charge < -0.3 is 0 Å². The molecule has 70 valence electrons. The van der Waals surface area contributed by atoms with Crippen molar-refractivity contribution in [2.75, 3.05) is 5.75 Å². The van der Waals surface area contributed by atoms with Crippen molar-refractivity contribution in [3.8, 4) is 0 Å². The lowest BCUT2D eigenvalue weighted by molar-refractivity contribution is -0.115. The highest BCUT2D eigenvalue weighted by atomic mass is 32.2. The van der Waals surface area contributed by atoms with Crippen LogP contribution >= 0.6 is 11.8 Å². The van der Waals surface area contributed by atoms with Crippen LogP contribution in [0.3, 0.4) is 0 Å². The molecule has 0 aromatic heterocycles. The van der Waals surface area contributed by atoms with Crippen LogP contribution in [-0.2, 0) is 4.79 Å². The maximum absolute atomic E-state index is 11.7. The van der Waals surface area contributed by atoms with Crippen LogP contribution in [0.25, 0.3) is 0 Å². The molecule has 0 saturated heterocycles. The minimum atomic E-state index is 0.366. The van der Waals surface area contributed by atoms with Gasteiger partial charge in [-0.05, 0) is 37.2 Å². The Kier molecular flexibility index (Phi) is 2.33. The van der Waals surface area contributed by atoms with E-state index in [2.05, 4.69) is 13.8 Å². The summed E-state index contributed by atoms with van der Waals surface area (Å²) in [6, 6.07) is 0. The number of rotatable bonds is 0. The molecule has 1 aliphatic heterocycles. The average molecular weight is 194 g/mol. The first-order valence-electron chi connectivity index (χ1n) is 4.76. The first kappa shape index (κ1) is 9.07. The number of hydrogen-bond donors (Lipinski definition) is 0. The zero-order valence-electron chi connectivity index (χ0n) is 8.14. The molecule has 1 aliphatic carbocycles. The molecule has 1 nitrogen and oxygen atoms in total. The van der Waals surface area contributed by atoms with Gasteiger partial charge in [0.1, 0.15) is 0 Å². The molecule has 0 saturated carbocycles. The molecular formula is C11H14OS. The topological polar surface area (TPSA) is 17.1 Å². The van der Waals surface area contributed by atoms with E-state index in [0.717, 1.165) is 30.6 Å². The Morgan fingerprint density at radius 3 is 2.69 bits per heavy atom. The predicted octanol–water partition coefficient (Wildman–Crippen LogP) is 3.08. The number of Topliss-reactive ketones (excluding diaryl/α,β-unsaturated/α-hetero) is 1. The third-order valence-corrected chi connectivity index (χ3v) is 4.07. The predicted molar refractivity (Wildman–Crippen MR) is 56.7 cm³/mol. The summed E-state index contributed by atoms with van der Waals surface area (Å²) in [7, 11) is 0. The third kappa shape index (κ3) is 1.48. The van der Waals surface area contributed by atoms with Gasteiger partial charge in [-0.15, -0.1) is 11.8 Å². The van der Waals surface area contributed by atoms with Crippen LogP contribution in [-0.4, -0.2) is 11.5 Å². The summed E-state index contributed by atoms with van der Waals surface area (Å²) in [4.78, 5) is 13.0. The summed E-state index contributed by atoms with van der Waals surface area (Å²) in [5.41, 5.74) is 3.70. The number of thioether (sulfide) groups is 1. The van der Waals surface area contributed by atoms with Crippen LogP contribution in [0.4, 0.5) is 0 Å². The summed E-state index contributed by atoms with van der Waals surface area (Å²) in [5.74, 6) is 1.36. The highest BCUT2D eigenvalue weighted by molar-refractivity contribution is 8.03. The van der Waals surface area contributed by atoms with E-state index in [1.807, 2.05) is 11.8 Å². The SMILES string of the molecule is CC1=C(C)C2=C(CC1)SCCC2=O. The van der Waals surface area contributed by atoms with Crippen molar-refractivity contribution in [3.63, 3.8) is 0 Å². The van der Waals surface area contributed by atoms with Crippen molar-refractivity contribution in [2.24, 2.45) is 0 Å². The Balaban J connectivity index is 2.47. The lowest BCUT2D eigenvalue weighted by Crippen LogP contribution is -2.16. The minimum Gasteiger partial charge on any atom is -0.294 e. The number of allylic oxidation sites excluding steroid dienone is 4. The van der Waals surface area contributed by atoms with Crippen molar-refractivity contribution in [1.29, 1.82) is 0 Å². The standard InChI is InChI=1S/C11H14OS/c1-7-3-4-10-11(8(7)2)9(12)5-6-13-10/h3-6H2,1-2H3. The maximum Gasteiger partial charge on any atom is 0.164 e. The van der Waals surface area contributed by atoms with Crippen LogP contribution in [0.2, 0.25) is 0 Å². The molecule has 0 aromatic carbocycles. The van der Waals surface area contributed by atoms with E-state index >= 15 is 0 Å². The lowest BCUT2D eigenvalue weighted by Gasteiger charge is -2.25. The summed E-state index contributed by atoms with van der Waals surface area (Å²) >= 11 is 1.88. The summed E-state index contributed by atoms with van der Waals surface area (Å²) < 4.78 is 0. The van der Waals surface area contributed by atoms with E-state index in [9.17, 15) is 4.79 Å². The second-order valence-corrected chi connectivity index (χ2v) is 4.91. The van der Waals surface area contributed by atoms with Crippen LogP contribution in [0.1, 0.15) is 33.1 Å². The van der Waals surface area contributed by atoms with Crippen molar-refractivity contribution in [1.82, 2.24) is 0 Å². The van der Waals surface area contributed by atoms with Gasteiger partial charge >= 0.3 is 0 Å². The average Bonchev–Trinajstić information content (AvgIpc) is 2.12. The summed E-state index contributed by atoms with van der Waals surface area (Å²) in [5, 5.41) is 0. The Morgan fingerprint density at radius 2 is 1.92 bits per heavy atom. The molecule has 0 amide bonds. The Bertz CT molecular complexity index is 323. The summed E-state index contributed by atoms with van der Waals surface area (Å²) in [6.45, 7) is 4.24. The second kappa shape index (κ2) is 3.33. The number of carbonyl (C=O) groups is 1. The van der Waals surface area contributed by atoms with Gasteiger partial charge in [0.2, 0.25) is 0 Å². The largest absolute Gasteiger partial charge is 0.294 e. The van der Waals surface area contributed by atoms with Gasteiger partial charge in [0.05, 0.1) is 0 Å². The molecule has 0 aromatic rings. The molecule has 0 radical (unpaired) electrons. The van der Waals surface area contributed by atoms with Crippen molar-refractivity contribution >= 4 is 17.5 Å². The molecule has 0 atom stereocenters. The molecule has 2 heteroatoms. The molecule has 2 rings (SSSR count). The zero-order valence-corrected chi connectivity index (χ0v) is 8.96. The monoisotopic (exact) mass is 194 g/mol. The quantitative estimate of drug-likeness (QED) is 0.589. The Hall–Kier alpha value is -0.500. The second-order valence-electron chi connectivity index (χ2n) is 3.73. The van der Waals surface area contributed by atoms with E-state index in [1.165, 1.54) is 16.1 Å². The smallest absolute Gasteiger partial charge is 0.164 e. The van der Waals surface area contributed by atoms with E-state index in [1.54, 1.807) is 0 Å². The number of hydrogen-bond acceptors (Lipinski definition) is 2. The Labute approximate surface area is 83.3 Å². The maximum atomic E-state index is 11.7. The third-order valence-electron chi connectivity index (χ3n) is 2.91. The fourth-order valence-electron chi connectivity index (χ4n) is 1.94. The number of carbonyl (C=O) groups excluding carboxylic acids is 1. The lowest BCUT2D eigenvalue weighted by atomic mass is 9.89. The highest BCUT2D eigenvalue weighted by Crippen LogP contribution is 2.40. The fourth-order valence-corrected chi connectivity index (χ4v) is 3.13. The van der Waals surface area contributed by atoms with Gasteiger partial charge in [-0.25, -0.2) is 0 Å². The van der Waals surface area contributed by atoms with Gasteiger partial charge in [0.25, 0.3) is 0 Å². The van der Waals surface area contributed by atoms with Gasteiger partial charge in [0, 0.05) is 17.7 Å². The molecule has 0 spiro atoms. The van der Waals surface area contributed by atoms with Crippen LogP contribution in [0.15, 0.2) is 21.6 Å². The first-order valence-corrected chi connectivity index (χ1v) is 5.74. The minimum absolute atomic E-state index is 0.366. The zero-order chi connectivity index (χ0) is 9.42. The van der Waals surface area contributed by atoms with Gasteiger partial charge in [-0.3, -0.25) is 4.79 Å². The summed E-state index contributed by atoms with van der Waals surface area (Å²) in [6.07, 6.45) is 2.97. The van der Waals surface area contributed by atoms with Crippen LogP contribution in [0.5, 0.6) is 0 Å². The molecule has 13 heavy (non-hydrogen) atoms. The van der Waals surface area contributed by atoms with E-state index in [-0.39, 0.29) is 0 Å².